The molecular weight excluding hydrogens is 382 g/mol. The standard InChI is InChI=1S/C22H23N5O3/c1-14(2)20(22-25-21(26-30-22)15-6-9-23-10-7-15)24-19(28)13-27-11-8-16-12-17(29-3)4-5-18(16)27/h4-12,14,20H,13H2,1-3H3,(H,24,28). The summed E-state index contributed by atoms with van der Waals surface area (Å²) in [5, 5.41) is 8.09. The predicted octanol–water partition coefficient (Wildman–Crippen LogP) is 3.61. The highest BCUT2D eigenvalue weighted by Crippen LogP contribution is 2.24. The highest BCUT2D eigenvalue weighted by Gasteiger charge is 2.25. The van der Waals surface area contributed by atoms with Gasteiger partial charge in [0, 0.05) is 35.1 Å². The van der Waals surface area contributed by atoms with Crippen molar-refractivity contribution in [2.24, 2.45) is 5.92 Å². The molecule has 154 valence electrons. The van der Waals surface area contributed by atoms with Crippen molar-refractivity contribution in [1.82, 2.24) is 25.0 Å². The van der Waals surface area contributed by atoms with Gasteiger partial charge in [-0.15, -0.1) is 0 Å². The number of ether oxygens (including phenoxy) is 1. The molecule has 0 fully saturated rings. The summed E-state index contributed by atoms with van der Waals surface area (Å²) in [6, 6.07) is 11.0. The topological polar surface area (TPSA) is 95.1 Å². The number of nitrogens with one attached hydrogen (secondary N) is 1. The lowest BCUT2D eigenvalue weighted by molar-refractivity contribution is -0.122. The van der Waals surface area contributed by atoms with Gasteiger partial charge in [0.25, 0.3) is 0 Å². The SMILES string of the molecule is COc1ccc2c(ccn2CC(=O)NC(c2nc(-c3ccncc3)no2)C(C)C)c1. The summed E-state index contributed by atoms with van der Waals surface area (Å²) in [5.41, 5.74) is 1.77. The molecule has 1 unspecified atom stereocenters. The third kappa shape index (κ3) is 4.03. The Hall–Kier alpha value is -3.68. The highest BCUT2D eigenvalue weighted by atomic mass is 16.5. The number of benzene rings is 1. The van der Waals surface area contributed by atoms with Gasteiger partial charge >= 0.3 is 0 Å². The van der Waals surface area contributed by atoms with Gasteiger partial charge in [-0.1, -0.05) is 19.0 Å². The Bertz CT molecular complexity index is 1150. The summed E-state index contributed by atoms with van der Waals surface area (Å²) in [7, 11) is 1.63. The molecule has 0 saturated heterocycles. The van der Waals surface area contributed by atoms with Gasteiger partial charge in [0.1, 0.15) is 18.3 Å². The van der Waals surface area contributed by atoms with Crippen molar-refractivity contribution in [3.63, 3.8) is 0 Å². The number of hydrogen-bond donors (Lipinski definition) is 1. The Balaban J connectivity index is 1.50. The van der Waals surface area contributed by atoms with Gasteiger partial charge in [0.05, 0.1) is 7.11 Å². The maximum absolute atomic E-state index is 12.8. The first kappa shape index (κ1) is 19.6. The van der Waals surface area contributed by atoms with Crippen molar-refractivity contribution in [3.05, 3.63) is 60.9 Å². The van der Waals surface area contributed by atoms with Crippen molar-refractivity contribution in [3.8, 4) is 17.1 Å². The predicted molar refractivity (Wildman–Crippen MR) is 112 cm³/mol. The zero-order chi connectivity index (χ0) is 21.1. The molecule has 0 aliphatic rings. The van der Waals surface area contributed by atoms with Crippen LogP contribution < -0.4 is 10.1 Å². The van der Waals surface area contributed by atoms with E-state index >= 15 is 0 Å². The van der Waals surface area contributed by atoms with Crippen LogP contribution in [0, 0.1) is 5.92 Å². The molecule has 0 radical (unpaired) electrons. The van der Waals surface area contributed by atoms with Crippen molar-refractivity contribution in [1.29, 1.82) is 0 Å². The van der Waals surface area contributed by atoms with Crippen LogP contribution >= 0.6 is 0 Å². The van der Waals surface area contributed by atoms with E-state index in [1.807, 2.05) is 61.0 Å². The van der Waals surface area contributed by atoms with Crippen LogP contribution in [0.1, 0.15) is 25.8 Å². The second-order valence-electron chi connectivity index (χ2n) is 7.35. The lowest BCUT2D eigenvalue weighted by atomic mass is 10.0. The zero-order valence-corrected chi connectivity index (χ0v) is 17.1. The number of carbonyl (C=O) groups is 1. The maximum atomic E-state index is 12.8. The minimum absolute atomic E-state index is 0.0744. The van der Waals surface area contributed by atoms with Crippen molar-refractivity contribution >= 4 is 16.8 Å². The average Bonchev–Trinajstić information content (AvgIpc) is 3.39. The molecule has 0 saturated carbocycles. The fourth-order valence-electron chi connectivity index (χ4n) is 3.31. The largest absolute Gasteiger partial charge is 0.497 e. The number of carbonyl (C=O) groups excluding carboxylic acids is 1. The van der Waals surface area contributed by atoms with Gasteiger partial charge in [-0.05, 0) is 42.3 Å². The normalized spacial score (nSPS) is 12.3. The van der Waals surface area contributed by atoms with Gasteiger partial charge in [-0.2, -0.15) is 4.98 Å². The zero-order valence-electron chi connectivity index (χ0n) is 17.1. The smallest absolute Gasteiger partial charge is 0.249 e. The molecule has 30 heavy (non-hydrogen) atoms. The summed E-state index contributed by atoms with van der Waals surface area (Å²) in [6.07, 6.45) is 5.23. The average molecular weight is 405 g/mol. The molecule has 0 spiro atoms. The van der Waals surface area contributed by atoms with E-state index in [1.54, 1.807) is 19.5 Å². The van der Waals surface area contributed by atoms with Crippen LogP contribution in [0.2, 0.25) is 0 Å². The number of methoxy groups -OCH3 is 1. The quantitative estimate of drug-likeness (QED) is 0.505. The molecule has 3 aromatic heterocycles. The van der Waals surface area contributed by atoms with E-state index in [0.29, 0.717) is 11.7 Å². The molecule has 0 aliphatic carbocycles. The minimum atomic E-state index is -0.387. The lowest BCUT2D eigenvalue weighted by Crippen LogP contribution is -2.34. The summed E-state index contributed by atoms with van der Waals surface area (Å²) in [5.74, 6) is 1.58. The lowest BCUT2D eigenvalue weighted by Gasteiger charge is -2.19. The fraction of sp³-hybridized carbons (Fsp3) is 0.273. The molecule has 1 amide bonds. The van der Waals surface area contributed by atoms with Crippen molar-refractivity contribution in [2.75, 3.05) is 7.11 Å². The Morgan fingerprint density at radius 2 is 2.00 bits per heavy atom. The fourth-order valence-corrected chi connectivity index (χ4v) is 3.31. The molecule has 3 heterocycles. The Labute approximate surface area is 173 Å². The molecule has 4 aromatic rings. The van der Waals surface area contributed by atoms with E-state index in [0.717, 1.165) is 22.2 Å². The van der Waals surface area contributed by atoms with E-state index < -0.39 is 0 Å². The van der Waals surface area contributed by atoms with Gasteiger partial charge in [-0.25, -0.2) is 0 Å². The molecule has 1 atom stereocenters. The van der Waals surface area contributed by atoms with Crippen LogP contribution in [0.15, 0.2) is 59.5 Å². The molecule has 1 aromatic carbocycles. The summed E-state index contributed by atoms with van der Waals surface area (Å²) in [6.45, 7) is 4.18. The highest BCUT2D eigenvalue weighted by molar-refractivity contribution is 5.84. The Morgan fingerprint density at radius 1 is 1.20 bits per heavy atom. The van der Waals surface area contributed by atoms with Gasteiger partial charge in [-0.3, -0.25) is 9.78 Å². The second kappa shape index (κ2) is 8.36. The van der Waals surface area contributed by atoms with E-state index in [2.05, 4.69) is 20.4 Å². The van der Waals surface area contributed by atoms with Crippen LogP contribution in [0.3, 0.4) is 0 Å². The van der Waals surface area contributed by atoms with E-state index in [-0.39, 0.29) is 24.4 Å². The van der Waals surface area contributed by atoms with Crippen LogP contribution in [-0.2, 0) is 11.3 Å². The molecule has 0 bridgehead atoms. The number of aromatic nitrogens is 4. The van der Waals surface area contributed by atoms with Crippen LogP contribution in [0.25, 0.3) is 22.3 Å². The first-order chi connectivity index (χ1) is 14.5. The molecule has 8 heteroatoms. The molecule has 1 N–H and O–H groups in total. The third-order valence-electron chi connectivity index (χ3n) is 4.92. The van der Waals surface area contributed by atoms with Crippen LogP contribution in [0.5, 0.6) is 5.75 Å². The van der Waals surface area contributed by atoms with Crippen molar-refractivity contribution < 1.29 is 14.1 Å². The van der Waals surface area contributed by atoms with Crippen LogP contribution in [0.4, 0.5) is 0 Å². The number of pyridine rings is 1. The number of nitrogens with zero attached hydrogens (tertiary/aromatic N) is 4. The van der Waals surface area contributed by atoms with E-state index in [9.17, 15) is 4.79 Å². The molecular formula is C22H23N5O3. The van der Waals surface area contributed by atoms with Crippen LogP contribution in [-0.4, -0.2) is 32.7 Å². The Kier molecular flexibility index (Phi) is 5.47. The second-order valence-corrected chi connectivity index (χ2v) is 7.35. The number of rotatable bonds is 7. The number of fused-ring (bicyclic) bond motifs is 1. The first-order valence-electron chi connectivity index (χ1n) is 9.71. The molecule has 0 aliphatic heterocycles. The Morgan fingerprint density at radius 3 is 2.73 bits per heavy atom. The van der Waals surface area contributed by atoms with Gasteiger partial charge in [0.15, 0.2) is 0 Å². The number of hydrogen-bond acceptors (Lipinski definition) is 6. The summed E-state index contributed by atoms with van der Waals surface area (Å²) in [4.78, 5) is 21.3. The molecule has 8 nitrogen and oxygen atoms in total. The van der Waals surface area contributed by atoms with E-state index in [1.165, 1.54) is 0 Å². The van der Waals surface area contributed by atoms with E-state index in [4.69, 9.17) is 9.26 Å². The summed E-state index contributed by atoms with van der Waals surface area (Å²) < 4.78 is 12.6. The first-order valence-corrected chi connectivity index (χ1v) is 9.71. The third-order valence-corrected chi connectivity index (χ3v) is 4.92. The summed E-state index contributed by atoms with van der Waals surface area (Å²) >= 11 is 0. The van der Waals surface area contributed by atoms with Crippen molar-refractivity contribution in [2.45, 2.75) is 26.4 Å². The monoisotopic (exact) mass is 405 g/mol. The maximum Gasteiger partial charge on any atom is 0.249 e. The number of amides is 1. The molecule has 4 rings (SSSR count). The minimum Gasteiger partial charge on any atom is -0.497 e. The van der Waals surface area contributed by atoms with Gasteiger partial charge < -0.3 is 19.1 Å². The van der Waals surface area contributed by atoms with Gasteiger partial charge in [0.2, 0.25) is 17.6 Å².